The molecule has 1 amide bonds. The molecule has 2 aliphatic heterocycles. The van der Waals surface area contributed by atoms with Crippen molar-refractivity contribution in [1.29, 1.82) is 0 Å². The second-order valence-electron chi connectivity index (χ2n) is 7.93. The molecular formula is C22H25ClF2N5O2+. The lowest BCUT2D eigenvalue weighted by Crippen LogP contribution is -2.39. The van der Waals surface area contributed by atoms with Gasteiger partial charge in [0.25, 0.3) is 5.91 Å². The lowest BCUT2D eigenvalue weighted by Gasteiger charge is -2.32. The van der Waals surface area contributed by atoms with Crippen molar-refractivity contribution in [1.82, 2.24) is 14.8 Å². The number of H-pyrrole nitrogens is 1. The molecular weight excluding hydrogens is 440 g/mol. The monoisotopic (exact) mass is 464 g/mol. The van der Waals surface area contributed by atoms with Crippen LogP contribution in [0.4, 0.5) is 8.78 Å². The van der Waals surface area contributed by atoms with Gasteiger partial charge in [-0.1, -0.05) is 11.6 Å². The van der Waals surface area contributed by atoms with E-state index in [0.29, 0.717) is 54.6 Å². The fourth-order valence-corrected chi connectivity index (χ4v) is 4.12. The van der Waals surface area contributed by atoms with E-state index in [4.69, 9.17) is 22.1 Å². The van der Waals surface area contributed by atoms with Crippen LogP contribution in [-0.2, 0) is 0 Å². The Morgan fingerprint density at radius 1 is 1.31 bits per heavy atom. The first kappa shape index (κ1) is 22.4. The molecule has 0 radical (unpaired) electrons. The minimum Gasteiger partial charge on any atom is -0.489 e. The van der Waals surface area contributed by atoms with Crippen molar-refractivity contribution in [3.05, 3.63) is 58.5 Å². The number of ether oxygens (including phenoxy) is 1. The molecule has 0 saturated carbocycles. The molecule has 3 heterocycles. The summed E-state index contributed by atoms with van der Waals surface area (Å²) in [5.41, 5.74) is 7.68. The highest BCUT2D eigenvalue weighted by atomic mass is 35.5. The predicted molar refractivity (Wildman–Crippen MR) is 115 cm³/mol. The maximum absolute atomic E-state index is 14.0. The molecule has 2 aromatic rings. The zero-order chi connectivity index (χ0) is 22.7. The molecule has 0 unspecified atom stereocenters. The zero-order valence-electron chi connectivity index (χ0n) is 17.5. The number of nitrogens with two attached hydrogens (primary N) is 1. The van der Waals surface area contributed by atoms with Crippen molar-refractivity contribution in [2.45, 2.75) is 18.9 Å². The maximum Gasteiger partial charge on any atom is 0.327 e. The quantitative estimate of drug-likeness (QED) is 0.709. The molecule has 1 aromatic heterocycles. The molecule has 0 spiro atoms. The van der Waals surface area contributed by atoms with Crippen LogP contribution in [0.5, 0.6) is 5.75 Å². The number of nitrogens with zero attached hydrogens (tertiary/aromatic N) is 3. The predicted octanol–water partition coefficient (Wildman–Crippen LogP) is 2.33. The number of aromatic amines is 1. The minimum absolute atomic E-state index is 0.163. The number of aromatic nitrogens is 2. The van der Waals surface area contributed by atoms with Crippen LogP contribution < -0.4 is 15.5 Å². The van der Waals surface area contributed by atoms with E-state index >= 15 is 0 Å². The molecule has 0 bridgehead atoms. The third kappa shape index (κ3) is 4.99. The van der Waals surface area contributed by atoms with Crippen molar-refractivity contribution in [2.24, 2.45) is 5.73 Å². The molecule has 0 aliphatic carbocycles. The number of halogens is 3. The number of rotatable bonds is 6. The van der Waals surface area contributed by atoms with Gasteiger partial charge >= 0.3 is 5.82 Å². The Balaban J connectivity index is 1.47. The number of nitrogens with one attached hydrogen (secondary N) is 1. The Kier molecular flexibility index (Phi) is 6.86. The molecule has 32 heavy (non-hydrogen) atoms. The van der Waals surface area contributed by atoms with Crippen molar-refractivity contribution >= 4 is 23.1 Å². The summed E-state index contributed by atoms with van der Waals surface area (Å²) in [5, 5.41) is 0.461. The summed E-state index contributed by atoms with van der Waals surface area (Å²) in [6, 6.07) is 3.92. The van der Waals surface area contributed by atoms with Gasteiger partial charge in [0.15, 0.2) is 6.20 Å². The minimum atomic E-state index is -0.480. The number of hydrogen-bond acceptors (Lipinski definition) is 5. The van der Waals surface area contributed by atoms with Crippen molar-refractivity contribution in [3.63, 3.8) is 0 Å². The zero-order valence-corrected chi connectivity index (χ0v) is 18.2. The average Bonchev–Trinajstić information content (AvgIpc) is 3.17. The molecule has 4 rings (SSSR count). The van der Waals surface area contributed by atoms with E-state index in [-0.39, 0.29) is 43.1 Å². The lowest BCUT2D eigenvalue weighted by molar-refractivity contribution is -0.386. The Bertz CT molecular complexity index is 1010. The summed E-state index contributed by atoms with van der Waals surface area (Å²) in [4.78, 5) is 24.1. The van der Waals surface area contributed by atoms with Gasteiger partial charge in [-0.2, -0.15) is 0 Å². The van der Waals surface area contributed by atoms with Crippen molar-refractivity contribution in [3.8, 4) is 5.75 Å². The van der Waals surface area contributed by atoms with Gasteiger partial charge in [0, 0.05) is 31.4 Å². The van der Waals surface area contributed by atoms with Crippen LogP contribution in [0.2, 0.25) is 5.02 Å². The normalized spacial score (nSPS) is 17.8. The van der Waals surface area contributed by atoms with Crippen LogP contribution in [0.1, 0.15) is 29.0 Å². The van der Waals surface area contributed by atoms with E-state index in [2.05, 4.69) is 9.97 Å². The number of piperidine rings is 1. The Labute approximate surface area is 189 Å². The lowest BCUT2D eigenvalue weighted by atomic mass is 10.1. The highest BCUT2D eigenvalue weighted by Gasteiger charge is 2.32. The highest BCUT2D eigenvalue weighted by molar-refractivity contribution is 6.30. The molecule has 7 nitrogen and oxygen atoms in total. The van der Waals surface area contributed by atoms with Gasteiger partial charge < -0.3 is 20.3 Å². The molecule has 10 heteroatoms. The van der Waals surface area contributed by atoms with Crippen molar-refractivity contribution in [2.75, 3.05) is 39.4 Å². The van der Waals surface area contributed by atoms with E-state index in [0.717, 1.165) is 0 Å². The van der Waals surface area contributed by atoms with Crippen LogP contribution in [0.15, 0.2) is 36.3 Å². The second-order valence-corrected chi connectivity index (χ2v) is 8.37. The summed E-state index contributed by atoms with van der Waals surface area (Å²) >= 11 is 5.88. The van der Waals surface area contributed by atoms with Gasteiger partial charge in [-0.05, 0) is 30.0 Å². The van der Waals surface area contributed by atoms with Gasteiger partial charge in [0.05, 0.1) is 24.2 Å². The molecule has 3 N–H and O–H groups in total. The first-order valence-electron chi connectivity index (χ1n) is 10.5. The number of amides is 1. The van der Waals surface area contributed by atoms with Gasteiger partial charge in [-0.25, -0.2) is 13.8 Å². The van der Waals surface area contributed by atoms with E-state index < -0.39 is 5.82 Å². The van der Waals surface area contributed by atoms with E-state index in [9.17, 15) is 13.6 Å². The second kappa shape index (κ2) is 9.79. The van der Waals surface area contributed by atoms with Gasteiger partial charge in [-0.15, -0.1) is 0 Å². The van der Waals surface area contributed by atoms with Crippen LogP contribution in [-0.4, -0.2) is 66.2 Å². The van der Waals surface area contributed by atoms with Crippen molar-refractivity contribution < 1.29 is 23.3 Å². The van der Waals surface area contributed by atoms with Gasteiger partial charge in [0.2, 0.25) is 0 Å². The van der Waals surface area contributed by atoms with Crippen LogP contribution >= 0.6 is 11.6 Å². The smallest absolute Gasteiger partial charge is 0.327 e. The third-order valence-corrected chi connectivity index (χ3v) is 5.94. The number of benzene rings is 1. The Hall–Kier alpha value is -2.78. The number of likely N-dealkylation sites (tertiary alicyclic amines) is 1. The SMILES string of the molecule is NC1=C(c2ncc(Cl)c[nH+]2)CN(C(=O)c2ccc(F)cc2OC2CCN(CCF)CC2)C1. The highest BCUT2D eigenvalue weighted by Crippen LogP contribution is 2.28. The van der Waals surface area contributed by atoms with Gasteiger partial charge in [0.1, 0.15) is 35.6 Å². The Morgan fingerprint density at radius 2 is 2.09 bits per heavy atom. The van der Waals surface area contributed by atoms with Crippen LogP contribution in [0.25, 0.3) is 5.57 Å². The molecule has 170 valence electrons. The molecule has 0 atom stereocenters. The fourth-order valence-electron chi connectivity index (χ4n) is 4.01. The van der Waals surface area contributed by atoms with Gasteiger partial charge in [-0.3, -0.25) is 4.79 Å². The topological polar surface area (TPSA) is 85.8 Å². The fraction of sp³-hybridized carbons (Fsp3) is 0.409. The Morgan fingerprint density at radius 3 is 2.78 bits per heavy atom. The summed E-state index contributed by atoms with van der Waals surface area (Å²) in [6.45, 7) is 1.91. The van der Waals surface area contributed by atoms with E-state index in [1.54, 1.807) is 11.1 Å². The maximum atomic E-state index is 14.0. The molecule has 1 saturated heterocycles. The number of carbonyl (C=O) groups is 1. The molecule has 1 fully saturated rings. The number of carbonyl (C=O) groups excluding carboxylic acids is 1. The first-order chi connectivity index (χ1) is 15.4. The summed E-state index contributed by atoms with van der Waals surface area (Å²) in [6.07, 6.45) is 4.31. The largest absolute Gasteiger partial charge is 0.489 e. The van der Waals surface area contributed by atoms with E-state index in [1.807, 2.05) is 4.90 Å². The van der Waals surface area contributed by atoms with Crippen LogP contribution in [0.3, 0.4) is 0 Å². The first-order valence-corrected chi connectivity index (χ1v) is 10.9. The summed E-state index contributed by atoms with van der Waals surface area (Å²) < 4.78 is 32.6. The molecule has 2 aliphatic rings. The summed E-state index contributed by atoms with van der Waals surface area (Å²) in [5.74, 6) is -0.0344. The standard InChI is InChI=1S/C22H24ClF2N5O2/c23-14-10-27-21(28-11-14)18-12-30(13-19(18)26)22(31)17-2-1-15(25)9-20(17)32-16-3-6-29(7-4-16)8-5-24/h1-2,9-11,16H,3-8,12-13,26H2/p+1. The summed E-state index contributed by atoms with van der Waals surface area (Å²) in [7, 11) is 0. The number of alkyl halides is 1. The third-order valence-electron chi connectivity index (χ3n) is 5.74. The molecule has 1 aromatic carbocycles. The number of hydrogen-bond donors (Lipinski definition) is 1. The van der Waals surface area contributed by atoms with E-state index in [1.165, 1.54) is 24.4 Å². The average molecular weight is 465 g/mol. The van der Waals surface area contributed by atoms with Crippen LogP contribution in [0, 0.1) is 5.82 Å².